The van der Waals surface area contributed by atoms with Crippen LogP contribution in [0.1, 0.15) is 5.56 Å². The van der Waals surface area contributed by atoms with Gasteiger partial charge in [0.15, 0.2) is 0 Å². The first-order chi connectivity index (χ1) is 12.1. The normalized spacial score (nSPS) is 12.0. The summed E-state index contributed by atoms with van der Waals surface area (Å²) in [6.07, 6.45) is 1.42. The number of sulfonamides is 1. The topological polar surface area (TPSA) is 120 Å². The molecule has 0 aliphatic rings. The lowest BCUT2D eigenvalue weighted by atomic mass is 10.1. The van der Waals surface area contributed by atoms with E-state index in [0.717, 1.165) is 24.3 Å². The van der Waals surface area contributed by atoms with Gasteiger partial charge in [-0.3, -0.25) is 4.72 Å². The van der Waals surface area contributed by atoms with Gasteiger partial charge in [0, 0.05) is 11.6 Å². The van der Waals surface area contributed by atoms with Crippen LogP contribution in [0.2, 0.25) is 5.02 Å². The van der Waals surface area contributed by atoms with Gasteiger partial charge in [-0.25, -0.2) is 8.42 Å². The summed E-state index contributed by atoms with van der Waals surface area (Å²) in [5.41, 5.74) is 0.736. The van der Waals surface area contributed by atoms with Crippen molar-refractivity contribution >= 4 is 48.4 Å². The van der Waals surface area contributed by atoms with Gasteiger partial charge < -0.3 is 4.98 Å². The smallest absolute Gasteiger partial charge is 0.332 e. The number of hydrogen-bond donors (Lipinski definition) is 2. The highest BCUT2D eigenvalue weighted by atomic mass is 35.5. The van der Waals surface area contributed by atoms with Crippen LogP contribution in [0.5, 0.6) is 0 Å². The van der Waals surface area contributed by atoms with Gasteiger partial charge >= 0.3 is 10.2 Å². The Kier molecular flexibility index (Phi) is 4.39. The number of aromatic amines is 1. The van der Waals surface area contributed by atoms with E-state index in [2.05, 4.69) is 9.71 Å². The number of nitrogens with zero attached hydrogens (tertiary/aromatic N) is 1. The second-order valence-corrected chi connectivity index (χ2v) is 8.61. The van der Waals surface area contributed by atoms with E-state index in [-0.39, 0.29) is 21.2 Å². The summed E-state index contributed by atoms with van der Waals surface area (Å²) in [7, 11) is -9.01. The molecule has 0 saturated carbocycles. The maximum Gasteiger partial charge on any atom is 0.332 e. The number of benzene rings is 2. The third kappa shape index (κ3) is 3.24. The van der Waals surface area contributed by atoms with Crippen LogP contribution in [0.15, 0.2) is 52.4 Å². The Labute approximate surface area is 153 Å². The quantitative estimate of drug-likeness (QED) is 0.636. The SMILES string of the molecule is N#Cc1ccc(NS(=O)(=O)c2ccc(S(=O)(=O)F)cc2)c2[nH]cc(Cl)c12. The number of aromatic nitrogens is 1. The molecule has 0 spiro atoms. The average molecular weight is 414 g/mol. The maximum absolute atomic E-state index is 12.9. The van der Waals surface area contributed by atoms with Crippen molar-refractivity contribution in [2.75, 3.05) is 4.72 Å². The molecular formula is C15H9ClFN3O4S2. The number of nitrogens with one attached hydrogen (secondary N) is 2. The third-order valence-corrected chi connectivity index (χ3v) is 6.08. The van der Waals surface area contributed by atoms with Crippen LogP contribution in [-0.2, 0) is 20.2 Å². The lowest BCUT2D eigenvalue weighted by Crippen LogP contribution is -2.13. The number of H-pyrrole nitrogens is 1. The molecule has 0 amide bonds. The zero-order valence-corrected chi connectivity index (χ0v) is 15.1. The zero-order valence-electron chi connectivity index (χ0n) is 12.7. The van der Waals surface area contributed by atoms with E-state index < -0.39 is 25.1 Å². The number of fused-ring (bicyclic) bond motifs is 1. The van der Waals surface area contributed by atoms with Gasteiger partial charge in [-0.15, -0.1) is 3.89 Å². The van der Waals surface area contributed by atoms with Crippen LogP contribution < -0.4 is 4.72 Å². The van der Waals surface area contributed by atoms with Gasteiger partial charge in [-0.05, 0) is 36.4 Å². The minimum absolute atomic E-state index is 0.146. The van der Waals surface area contributed by atoms with E-state index in [9.17, 15) is 20.7 Å². The van der Waals surface area contributed by atoms with Crippen LogP contribution in [-0.4, -0.2) is 21.8 Å². The van der Waals surface area contributed by atoms with Crippen molar-refractivity contribution in [1.29, 1.82) is 5.26 Å². The molecule has 0 aliphatic heterocycles. The Bertz CT molecular complexity index is 1260. The standard InChI is InChI=1S/C15H9ClFN3O4S2/c16-12-8-19-15-13(6-1-9(7-18)14(12)15)20-26(23,24)11-4-2-10(3-5-11)25(17,21)22/h1-6,8,19-20H. The molecule has 0 atom stereocenters. The summed E-state index contributed by atoms with van der Waals surface area (Å²) in [6, 6.07) is 8.42. The minimum Gasteiger partial charge on any atom is -0.358 e. The van der Waals surface area contributed by atoms with E-state index in [1.807, 2.05) is 6.07 Å². The summed E-state index contributed by atoms with van der Waals surface area (Å²) < 4.78 is 61.9. The molecule has 0 unspecified atom stereocenters. The molecule has 1 heterocycles. The van der Waals surface area contributed by atoms with Crippen molar-refractivity contribution < 1.29 is 20.7 Å². The van der Waals surface area contributed by atoms with Crippen LogP contribution in [0.3, 0.4) is 0 Å². The third-order valence-electron chi connectivity index (χ3n) is 3.57. The van der Waals surface area contributed by atoms with Crippen molar-refractivity contribution in [2.45, 2.75) is 9.79 Å². The van der Waals surface area contributed by atoms with Gasteiger partial charge in [-0.2, -0.15) is 13.7 Å². The molecule has 7 nitrogen and oxygen atoms in total. The Morgan fingerprint density at radius 3 is 2.23 bits per heavy atom. The average Bonchev–Trinajstić information content (AvgIpc) is 2.97. The van der Waals surface area contributed by atoms with Crippen molar-refractivity contribution in [3.05, 3.63) is 53.2 Å². The maximum atomic E-state index is 12.9. The number of halogens is 2. The number of anilines is 1. The second kappa shape index (κ2) is 6.28. The highest BCUT2D eigenvalue weighted by Crippen LogP contribution is 2.32. The van der Waals surface area contributed by atoms with Crippen molar-refractivity contribution in [1.82, 2.24) is 4.98 Å². The number of rotatable bonds is 4. The largest absolute Gasteiger partial charge is 0.358 e. The first kappa shape index (κ1) is 18.2. The lowest BCUT2D eigenvalue weighted by Gasteiger charge is -2.10. The Hall–Kier alpha value is -2.61. The highest BCUT2D eigenvalue weighted by molar-refractivity contribution is 7.92. The molecule has 0 saturated heterocycles. The molecule has 1 aromatic heterocycles. The summed E-state index contributed by atoms with van der Waals surface area (Å²) in [4.78, 5) is 1.89. The van der Waals surface area contributed by atoms with E-state index in [0.29, 0.717) is 10.9 Å². The fraction of sp³-hybridized carbons (Fsp3) is 0. The minimum atomic E-state index is -4.92. The molecule has 3 rings (SSSR count). The van der Waals surface area contributed by atoms with Crippen LogP contribution in [0.25, 0.3) is 10.9 Å². The highest BCUT2D eigenvalue weighted by Gasteiger charge is 2.20. The Balaban J connectivity index is 2.03. The number of nitriles is 1. The Morgan fingerprint density at radius 2 is 1.65 bits per heavy atom. The van der Waals surface area contributed by atoms with Crippen molar-refractivity contribution in [2.24, 2.45) is 0 Å². The number of hydrogen-bond acceptors (Lipinski definition) is 5. The van der Waals surface area contributed by atoms with E-state index >= 15 is 0 Å². The van der Waals surface area contributed by atoms with E-state index in [1.165, 1.54) is 18.3 Å². The summed E-state index contributed by atoms with van der Waals surface area (Å²) in [6.45, 7) is 0. The second-order valence-electron chi connectivity index (χ2n) is 5.17. The predicted octanol–water partition coefficient (Wildman–Crippen LogP) is 3.15. The van der Waals surface area contributed by atoms with Crippen LogP contribution in [0, 0.1) is 11.3 Å². The predicted molar refractivity (Wildman–Crippen MR) is 93.6 cm³/mol. The van der Waals surface area contributed by atoms with Crippen LogP contribution in [0.4, 0.5) is 9.57 Å². The first-order valence-electron chi connectivity index (χ1n) is 6.91. The van der Waals surface area contributed by atoms with Gasteiger partial charge in [0.05, 0.1) is 37.7 Å². The Morgan fingerprint density at radius 1 is 1.04 bits per heavy atom. The fourth-order valence-corrected chi connectivity index (χ4v) is 4.16. The summed E-state index contributed by atoms with van der Waals surface area (Å²) in [5, 5.41) is 9.76. The monoisotopic (exact) mass is 413 g/mol. The molecule has 0 bridgehead atoms. The molecular weight excluding hydrogens is 405 g/mol. The molecule has 26 heavy (non-hydrogen) atoms. The summed E-state index contributed by atoms with van der Waals surface area (Å²) >= 11 is 6.02. The van der Waals surface area contributed by atoms with Gasteiger partial charge in [-0.1, -0.05) is 11.6 Å². The fourth-order valence-electron chi connectivity index (χ4n) is 2.37. The van der Waals surface area contributed by atoms with Crippen LogP contribution >= 0.6 is 11.6 Å². The van der Waals surface area contributed by atoms with Gasteiger partial charge in [0.25, 0.3) is 10.0 Å². The first-order valence-corrected chi connectivity index (χ1v) is 10.1. The molecule has 0 radical (unpaired) electrons. The molecule has 11 heteroatoms. The summed E-state index contributed by atoms with van der Waals surface area (Å²) in [5.74, 6) is 0. The molecule has 0 aliphatic carbocycles. The van der Waals surface area contributed by atoms with Gasteiger partial charge in [0.2, 0.25) is 0 Å². The van der Waals surface area contributed by atoms with E-state index in [4.69, 9.17) is 16.9 Å². The van der Waals surface area contributed by atoms with E-state index in [1.54, 1.807) is 0 Å². The molecule has 2 N–H and O–H groups in total. The molecule has 3 aromatic rings. The molecule has 0 fully saturated rings. The molecule has 134 valence electrons. The van der Waals surface area contributed by atoms with Crippen molar-refractivity contribution in [3.8, 4) is 6.07 Å². The van der Waals surface area contributed by atoms with Gasteiger partial charge in [0.1, 0.15) is 0 Å². The van der Waals surface area contributed by atoms with Crippen molar-refractivity contribution in [3.63, 3.8) is 0 Å². The molecule has 2 aromatic carbocycles. The zero-order chi connectivity index (χ0) is 19.1. The lowest BCUT2D eigenvalue weighted by molar-refractivity contribution is 0.551.